The third-order valence-corrected chi connectivity index (χ3v) is 5.21. The van der Waals surface area contributed by atoms with Crippen LogP contribution < -0.4 is 5.32 Å². The fourth-order valence-corrected chi connectivity index (χ4v) is 3.53. The molecule has 0 spiro atoms. The first-order chi connectivity index (χ1) is 15.2. The highest BCUT2D eigenvalue weighted by Crippen LogP contribution is 2.10. The van der Waals surface area contributed by atoms with Crippen LogP contribution in [0.2, 0.25) is 0 Å². The molecule has 10 heteroatoms. The largest absolute Gasteiger partial charge is 0.467 e. The molecule has 0 radical (unpaired) electrons. The van der Waals surface area contributed by atoms with Crippen molar-refractivity contribution in [1.29, 1.82) is 0 Å². The molecule has 1 fully saturated rings. The average molecular weight is 425 g/mol. The lowest BCUT2D eigenvalue weighted by atomic mass is 10.3. The standard InChI is InChI=1S/C21H27N7O3/c1-2-19-25-24-16-28(19)8-7-22-21(23-15-17-5-3-13-30-17)27-11-9-26(10-12-27)20(29)18-6-4-14-31-18/h3-6,13-14,16H,2,7-12,15H2,1H3,(H,22,23). The molecule has 1 aliphatic heterocycles. The van der Waals surface area contributed by atoms with Gasteiger partial charge in [0.05, 0.1) is 12.5 Å². The monoisotopic (exact) mass is 425 g/mol. The number of carbonyl (C=O) groups is 1. The molecule has 3 aromatic rings. The predicted molar refractivity (Wildman–Crippen MR) is 113 cm³/mol. The number of hydrogen-bond acceptors (Lipinski definition) is 6. The van der Waals surface area contributed by atoms with Gasteiger partial charge in [0.25, 0.3) is 5.91 Å². The molecule has 0 aromatic carbocycles. The Balaban J connectivity index is 1.37. The molecule has 31 heavy (non-hydrogen) atoms. The topological polar surface area (TPSA) is 105 Å². The molecule has 164 valence electrons. The SMILES string of the molecule is CCc1nncn1CCNC(=NCc1ccco1)N1CCN(C(=O)c2ccco2)CC1. The summed E-state index contributed by atoms with van der Waals surface area (Å²) < 4.78 is 12.7. The molecule has 4 rings (SSSR count). The summed E-state index contributed by atoms with van der Waals surface area (Å²) >= 11 is 0. The average Bonchev–Trinajstić information content (AvgIpc) is 3.58. The quantitative estimate of drug-likeness (QED) is 0.453. The van der Waals surface area contributed by atoms with Crippen molar-refractivity contribution in [2.24, 2.45) is 4.99 Å². The number of aryl methyl sites for hydroxylation is 1. The highest BCUT2D eigenvalue weighted by atomic mass is 16.3. The molecule has 0 bridgehead atoms. The number of nitrogens with zero attached hydrogens (tertiary/aromatic N) is 6. The maximum Gasteiger partial charge on any atom is 0.289 e. The van der Waals surface area contributed by atoms with Crippen LogP contribution in [0.4, 0.5) is 0 Å². The number of aromatic nitrogens is 3. The van der Waals surface area contributed by atoms with Gasteiger partial charge < -0.3 is 28.5 Å². The van der Waals surface area contributed by atoms with Gasteiger partial charge in [0, 0.05) is 45.7 Å². The summed E-state index contributed by atoms with van der Waals surface area (Å²) in [4.78, 5) is 21.2. The van der Waals surface area contributed by atoms with Crippen molar-refractivity contribution in [3.63, 3.8) is 0 Å². The van der Waals surface area contributed by atoms with E-state index in [1.807, 2.05) is 21.6 Å². The molecule has 10 nitrogen and oxygen atoms in total. The second kappa shape index (κ2) is 9.96. The second-order valence-corrected chi connectivity index (χ2v) is 7.20. The Labute approximate surface area is 180 Å². The Hall–Kier alpha value is -3.56. The maximum atomic E-state index is 12.5. The van der Waals surface area contributed by atoms with Crippen molar-refractivity contribution in [2.45, 2.75) is 26.4 Å². The zero-order valence-electron chi connectivity index (χ0n) is 17.6. The Morgan fingerprint density at radius 1 is 1.13 bits per heavy atom. The van der Waals surface area contributed by atoms with E-state index in [9.17, 15) is 4.79 Å². The van der Waals surface area contributed by atoms with Crippen molar-refractivity contribution in [3.05, 3.63) is 60.5 Å². The van der Waals surface area contributed by atoms with Crippen molar-refractivity contribution in [3.8, 4) is 0 Å². The third kappa shape index (κ3) is 5.14. The minimum Gasteiger partial charge on any atom is -0.467 e. The zero-order chi connectivity index (χ0) is 21.5. The normalized spacial score (nSPS) is 14.8. The molecule has 0 saturated carbocycles. The van der Waals surface area contributed by atoms with Gasteiger partial charge in [0.15, 0.2) is 11.7 Å². The minimum atomic E-state index is -0.0774. The van der Waals surface area contributed by atoms with E-state index in [2.05, 4.69) is 27.3 Å². The van der Waals surface area contributed by atoms with Crippen LogP contribution in [0.1, 0.15) is 29.1 Å². The number of rotatable bonds is 7. The molecule has 1 amide bonds. The van der Waals surface area contributed by atoms with Crippen LogP contribution in [0.25, 0.3) is 0 Å². The smallest absolute Gasteiger partial charge is 0.289 e. The van der Waals surface area contributed by atoms with Gasteiger partial charge in [-0.15, -0.1) is 10.2 Å². The number of amides is 1. The number of carbonyl (C=O) groups excluding carboxylic acids is 1. The summed E-state index contributed by atoms with van der Waals surface area (Å²) in [6, 6.07) is 7.19. The van der Waals surface area contributed by atoms with Crippen molar-refractivity contribution < 1.29 is 13.6 Å². The lowest BCUT2D eigenvalue weighted by molar-refractivity contribution is 0.0657. The molecule has 0 aliphatic carbocycles. The Bertz CT molecular complexity index is 971. The minimum absolute atomic E-state index is 0.0774. The van der Waals surface area contributed by atoms with Crippen molar-refractivity contribution >= 4 is 11.9 Å². The Morgan fingerprint density at radius 3 is 2.61 bits per heavy atom. The molecular weight excluding hydrogens is 398 g/mol. The van der Waals surface area contributed by atoms with Gasteiger partial charge in [-0.25, -0.2) is 4.99 Å². The fraction of sp³-hybridized carbons (Fsp3) is 0.429. The van der Waals surface area contributed by atoms with Crippen molar-refractivity contribution in [2.75, 3.05) is 32.7 Å². The van der Waals surface area contributed by atoms with Crippen molar-refractivity contribution in [1.82, 2.24) is 29.9 Å². The summed E-state index contributed by atoms with van der Waals surface area (Å²) in [5.74, 6) is 2.86. The molecule has 1 N–H and O–H groups in total. The Morgan fingerprint density at radius 2 is 1.90 bits per heavy atom. The van der Waals surface area contributed by atoms with Gasteiger partial charge in [-0.3, -0.25) is 4.79 Å². The summed E-state index contributed by atoms with van der Waals surface area (Å²) in [6.45, 7) is 6.52. The van der Waals surface area contributed by atoms with Crippen LogP contribution >= 0.6 is 0 Å². The highest BCUT2D eigenvalue weighted by molar-refractivity contribution is 5.91. The first-order valence-electron chi connectivity index (χ1n) is 10.5. The van der Waals surface area contributed by atoms with Crippen LogP contribution in [0.3, 0.4) is 0 Å². The lowest BCUT2D eigenvalue weighted by Gasteiger charge is -2.36. The summed E-state index contributed by atoms with van der Waals surface area (Å²) in [5.41, 5.74) is 0. The maximum absolute atomic E-state index is 12.5. The molecular formula is C21H27N7O3. The Kier molecular flexibility index (Phi) is 6.65. The van der Waals surface area contributed by atoms with E-state index >= 15 is 0 Å². The number of nitrogens with one attached hydrogen (secondary N) is 1. The van der Waals surface area contributed by atoms with Crippen LogP contribution in [0, 0.1) is 0 Å². The number of hydrogen-bond donors (Lipinski definition) is 1. The molecule has 1 aliphatic rings. The van der Waals surface area contributed by atoms with Gasteiger partial charge in [-0.05, 0) is 24.3 Å². The number of aliphatic imine (C=N–C) groups is 1. The van der Waals surface area contributed by atoms with Gasteiger partial charge in [-0.1, -0.05) is 6.92 Å². The van der Waals surface area contributed by atoms with Crippen LogP contribution in [0.15, 0.2) is 56.9 Å². The van der Waals surface area contributed by atoms with E-state index in [4.69, 9.17) is 13.8 Å². The van der Waals surface area contributed by atoms with E-state index in [1.54, 1.807) is 24.7 Å². The number of furan rings is 2. The predicted octanol–water partition coefficient (Wildman–Crippen LogP) is 1.63. The van der Waals surface area contributed by atoms with Crippen LogP contribution in [0.5, 0.6) is 0 Å². The number of piperazine rings is 1. The third-order valence-electron chi connectivity index (χ3n) is 5.21. The van der Waals surface area contributed by atoms with Gasteiger partial charge in [0.1, 0.15) is 24.5 Å². The zero-order valence-corrected chi connectivity index (χ0v) is 17.6. The first kappa shape index (κ1) is 20.7. The van der Waals surface area contributed by atoms with E-state index in [0.717, 1.165) is 30.5 Å². The van der Waals surface area contributed by atoms with Gasteiger partial charge in [-0.2, -0.15) is 0 Å². The fourth-order valence-electron chi connectivity index (χ4n) is 3.53. The first-order valence-corrected chi connectivity index (χ1v) is 10.5. The number of guanidine groups is 1. The molecule has 4 heterocycles. The summed E-state index contributed by atoms with van der Waals surface area (Å²) in [5, 5.41) is 11.6. The van der Waals surface area contributed by atoms with Crippen LogP contribution in [-0.2, 0) is 19.5 Å². The van der Waals surface area contributed by atoms with E-state index < -0.39 is 0 Å². The van der Waals surface area contributed by atoms with Gasteiger partial charge >= 0.3 is 0 Å². The van der Waals surface area contributed by atoms with Crippen LogP contribution in [-0.4, -0.2) is 69.2 Å². The summed E-state index contributed by atoms with van der Waals surface area (Å²) in [7, 11) is 0. The molecule has 1 saturated heterocycles. The lowest BCUT2D eigenvalue weighted by Crippen LogP contribution is -2.54. The molecule has 0 unspecified atom stereocenters. The second-order valence-electron chi connectivity index (χ2n) is 7.20. The highest BCUT2D eigenvalue weighted by Gasteiger charge is 2.25. The molecule has 0 atom stereocenters. The van der Waals surface area contributed by atoms with E-state index in [1.165, 1.54) is 6.26 Å². The summed E-state index contributed by atoms with van der Waals surface area (Å²) in [6.07, 6.45) is 5.76. The molecule has 3 aromatic heterocycles. The van der Waals surface area contributed by atoms with Gasteiger partial charge in [0.2, 0.25) is 0 Å². The van der Waals surface area contributed by atoms with E-state index in [-0.39, 0.29) is 5.91 Å². The van der Waals surface area contributed by atoms with E-state index in [0.29, 0.717) is 45.0 Å².